The number of nitrogens with one attached hydrogen (secondary N) is 1. The second-order valence-corrected chi connectivity index (χ2v) is 2.68. The zero-order valence-electron chi connectivity index (χ0n) is 7.09. The molecule has 0 radical (unpaired) electrons. The molecule has 0 aromatic carbocycles. The van der Waals surface area contributed by atoms with Gasteiger partial charge < -0.3 is 10.1 Å². The maximum Gasteiger partial charge on any atom is 0.328 e. The summed E-state index contributed by atoms with van der Waals surface area (Å²) in [5.74, 6) is -0.921. The number of H-pyrrole nitrogens is 1. The van der Waals surface area contributed by atoms with Gasteiger partial charge >= 0.3 is 5.97 Å². The summed E-state index contributed by atoms with van der Waals surface area (Å²) in [4.78, 5) is 13.2. The molecule has 1 rings (SSSR count). The molecular weight excluding hydrogens is 154 g/mol. The molecule has 1 heterocycles. The Morgan fingerprint density at radius 1 is 1.58 bits per heavy atom. The minimum atomic E-state index is -0.921. The molecule has 0 atom stereocenters. The summed E-state index contributed by atoms with van der Waals surface area (Å²) in [5, 5.41) is 8.40. The highest BCUT2D eigenvalue weighted by Crippen LogP contribution is 2.13. The van der Waals surface area contributed by atoms with Crippen LogP contribution in [-0.4, -0.2) is 16.1 Å². The number of aromatic amines is 1. The lowest BCUT2D eigenvalue weighted by Crippen LogP contribution is -1.86. The molecule has 0 saturated heterocycles. The van der Waals surface area contributed by atoms with Crippen LogP contribution in [0, 0.1) is 13.8 Å². The number of rotatable bonds is 2. The van der Waals surface area contributed by atoms with Crippen molar-refractivity contribution < 1.29 is 9.90 Å². The average molecular weight is 165 g/mol. The van der Waals surface area contributed by atoms with Gasteiger partial charge in [0.1, 0.15) is 0 Å². The van der Waals surface area contributed by atoms with Crippen molar-refractivity contribution in [2.75, 3.05) is 0 Å². The van der Waals surface area contributed by atoms with E-state index in [0.717, 1.165) is 22.9 Å². The van der Waals surface area contributed by atoms with Gasteiger partial charge in [0, 0.05) is 18.0 Å². The third kappa shape index (κ3) is 1.75. The third-order valence-corrected chi connectivity index (χ3v) is 1.73. The zero-order valence-corrected chi connectivity index (χ0v) is 7.09. The summed E-state index contributed by atoms with van der Waals surface area (Å²) in [6, 6.07) is 0. The molecule has 0 saturated carbocycles. The van der Waals surface area contributed by atoms with Crippen molar-refractivity contribution in [3.63, 3.8) is 0 Å². The lowest BCUT2D eigenvalue weighted by atomic mass is 10.1. The fourth-order valence-corrected chi connectivity index (χ4v) is 1.08. The number of carboxylic acids is 1. The summed E-state index contributed by atoms with van der Waals surface area (Å²) in [6.45, 7) is 3.85. The summed E-state index contributed by atoms with van der Waals surface area (Å²) < 4.78 is 0. The molecule has 0 aliphatic heterocycles. The van der Waals surface area contributed by atoms with Crippen molar-refractivity contribution in [2.45, 2.75) is 13.8 Å². The van der Waals surface area contributed by atoms with Gasteiger partial charge in [0.15, 0.2) is 0 Å². The van der Waals surface area contributed by atoms with Crippen LogP contribution in [0.1, 0.15) is 16.8 Å². The highest BCUT2D eigenvalue weighted by Gasteiger charge is 1.99. The van der Waals surface area contributed by atoms with Crippen molar-refractivity contribution in [2.24, 2.45) is 0 Å². The predicted octanol–water partition coefficient (Wildman–Crippen LogP) is 1.73. The first-order valence-electron chi connectivity index (χ1n) is 3.67. The molecule has 0 bridgehead atoms. The van der Waals surface area contributed by atoms with E-state index in [1.54, 1.807) is 6.08 Å². The van der Waals surface area contributed by atoms with E-state index in [2.05, 4.69) is 4.98 Å². The number of hydrogen-bond donors (Lipinski definition) is 2. The SMILES string of the molecule is Cc1c[nH]c(C)c1/C=C/C(=O)O. The van der Waals surface area contributed by atoms with Crippen LogP contribution in [0.25, 0.3) is 6.08 Å². The zero-order chi connectivity index (χ0) is 9.14. The van der Waals surface area contributed by atoms with Crippen molar-refractivity contribution >= 4 is 12.0 Å². The van der Waals surface area contributed by atoms with Gasteiger partial charge in [-0.05, 0) is 31.1 Å². The van der Waals surface area contributed by atoms with E-state index < -0.39 is 5.97 Å². The van der Waals surface area contributed by atoms with Crippen LogP contribution in [0.2, 0.25) is 0 Å². The Morgan fingerprint density at radius 2 is 2.25 bits per heavy atom. The number of aryl methyl sites for hydroxylation is 2. The molecule has 64 valence electrons. The smallest absolute Gasteiger partial charge is 0.328 e. The molecule has 0 amide bonds. The minimum absolute atomic E-state index is 0.921. The molecule has 3 heteroatoms. The van der Waals surface area contributed by atoms with Crippen molar-refractivity contribution in [1.82, 2.24) is 4.98 Å². The Labute approximate surface area is 70.7 Å². The monoisotopic (exact) mass is 165 g/mol. The minimum Gasteiger partial charge on any atom is -0.478 e. The maximum atomic E-state index is 10.2. The fourth-order valence-electron chi connectivity index (χ4n) is 1.08. The predicted molar refractivity (Wildman–Crippen MR) is 46.9 cm³/mol. The summed E-state index contributed by atoms with van der Waals surface area (Å²) >= 11 is 0. The van der Waals surface area contributed by atoms with E-state index in [9.17, 15) is 4.79 Å². The number of aliphatic carboxylic acids is 1. The van der Waals surface area contributed by atoms with Gasteiger partial charge in [-0.25, -0.2) is 4.79 Å². The Morgan fingerprint density at radius 3 is 2.67 bits per heavy atom. The molecule has 0 unspecified atom stereocenters. The third-order valence-electron chi connectivity index (χ3n) is 1.73. The highest BCUT2D eigenvalue weighted by atomic mass is 16.4. The quantitative estimate of drug-likeness (QED) is 0.655. The lowest BCUT2D eigenvalue weighted by molar-refractivity contribution is -0.131. The molecule has 0 aliphatic carbocycles. The van der Waals surface area contributed by atoms with E-state index in [1.807, 2.05) is 20.0 Å². The highest BCUT2D eigenvalue weighted by molar-refractivity contribution is 5.85. The van der Waals surface area contributed by atoms with E-state index in [-0.39, 0.29) is 0 Å². The largest absolute Gasteiger partial charge is 0.478 e. The number of hydrogen-bond acceptors (Lipinski definition) is 1. The van der Waals surface area contributed by atoms with Crippen LogP contribution in [0.5, 0.6) is 0 Å². The standard InChI is InChI=1S/C9H11NO2/c1-6-5-10-7(2)8(6)3-4-9(11)12/h3-5,10H,1-2H3,(H,11,12)/b4-3+. The topological polar surface area (TPSA) is 53.1 Å². The Bertz CT molecular complexity index is 304. The van der Waals surface area contributed by atoms with Gasteiger partial charge in [-0.2, -0.15) is 0 Å². The Hall–Kier alpha value is -1.51. The van der Waals surface area contributed by atoms with Crippen LogP contribution >= 0.6 is 0 Å². The number of aromatic nitrogens is 1. The van der Waals surface area contributed by atoms with E-state index in [0.29, 0.717) is 0 Å². The molecule has 2 N–H and O–H groups in total. The first-order valence-corrected chi connectivity index (χ1v) is 3.67. The average Bonchev–Trinajstić information content (AvgIpc) is 2.28. The first-order chi connectivity index (χ1) is 5.61. The van der Waals surface area contributed by atoms with Gasteiger partial charge in [0.2, 0.25) is 0 Å². The lowest BCUT2D eigenvalue weighted by Gasteiger charge is -1.91. The summed E-state index contributed by atoms with van der Waals surface area (Å²) in [5.41, 5.74) is 3.01. The van der Waals surface area contributed by atoms with Crippen LogP contribution in [0.3, 0.4) is 0 Å². The Kier molecular flexibility index (Phi) is 2.33. The van der Waals surface area contributed by atoms with Crippen molar-refractivity contribution in [3.8, 4) is 0 Å². The van der Waals surface area contributed by atoms with E-state index in [1.165, 1.54) is 0 Å². The van der Waals surface area contributed by atoms with Crippen LogP contribution < -0.4 is 0 Å². The van der Waals surface area contributed by atoms with Gasteiger partial charge in [-0.15, -0.1) is 0 Å². The van der Waals surface area contributed by atoms with Gasteiger partial charge in [-0.1, -0.05) is 0 Å². The van der Waals surface area contributed by atoms with E-state index >= 15 is 0 Å². The second kappa shape index (κ2) is 3.26. The molecule has 0 fully saturated rings. The maximum absolute atomic E-state index is 10.2. The molecule has 3 nitrogen and oxygen atoms in total. The fraction of sp³-hybridized carbons (Fsp3) is 0.222. The molecule has 12 heavy (non-hydrogen) atoms. The molecule has 1 aromatic heterocycles. The Balaban J connectivity index is 2.95. The summed E-state index contributed by atoms with van der Waals surface area (Å²) in [6.07, 6.45) is 4.60. The van der Waals surface area contributed by atoms with Gasteiger partial charge in [0.05, 0.1) is 0 Å². The van der Waals surface area contributed by atoms with Crippen molar-refractivity contribution in [1.29, 1.82) is 0 Å². The molecule has 0 aliphatic rings. The number of carbonyl (C=O) groups is 1. The summed E-state index contributed by atoms with van der Waals surface area (Å²) in [7, 11) is 0. The molecule has 1 aromatic rings. The van der Waals surface area contributed by atoms with Crippen LogP contribution in [0.15, 0.2) is 12.3 Å². The number of carboxylic acid groups (broad SMARTS) is 1. The molecular formula is C9H11NO2. The molecule has 0 spiro atoms. The van der Waals surface area contributed by atoms with E-state index in [4.69, 9.17) is 5.11 Å². The first kappa shape index (κ1) is 8.59. The van der Waals surface area contributed by atoms with Crippen molar-refractivity contribution in [3.05, 3.63) is 29.1 Å². The van der Waals surface area contributed by atoms with Gasteiger partial charge in [-0.3, -0.25) is 0 Å². The van der Waals surface area contributed by atoms with Gasteiger partial charge in [0.25, 0.3) is 0 Å². The second-order valence-electron chi connectivity index (χ2n) is 2.68. The normalized spacial score (nSPS) is 10.8. The van der Waals surface area contributed by atoms with Crippen LogP contribution in [-0.2, 0) is 4.79 Å². The van der Waals surface area contributed by atoms with Crippen LogP contribution in [0.4, 0.5) is 0 Å².